The Labute approximate surface area is 79.2 Å². The van der Waals surface area contributed by atoms with E-state index >= 15 is 0 Å². The van der Waals surface area contributed by atoms with Crippen molar-refractivity contribution >= 4 is 0 Å². The minimum atomic E-state index is 0.535. The summed E-state index contributed by atoms with van der Waals surface area (Å²) in [5.74, 6) is 0. The van der Waals surface area contributed by atoms with E-state index in [1.165, 1.54) is 42.4 Å². The first-order valence-electron chi connectivity index (χ1n) is 4.84. The third-order valence-electron chi connectivity index (χ3n) is 2.67. The summed E-state index contributed by atoms with van der Waals surface area (Å²) in [6.45, 7) is 7.34. The highest BCUT2D eigenvalue weighted by atomic mass is 14.6. The summed E-state index contributed by atoms with van der Waals surface area (Å²) >= 11 is 0. The Hall–Kier alpha value is -1.29. The van der Waals surface area contributed by atoms with E-state index < -0.39 is 0 Å². The van der Waals surface area contributed by atoms with Crippen LogP contribution in [0.1, 0.15) is 29.5 Å². The van der Waals surface area contributed by atoms with Gasteiger partial charge in [-0.15, -0.1) is 0 Å². The van der Waals surface area contributed by atoms with Crippen LogP contribution in [0, 0.1) is 6.57 Å². The van der Waals surface area contributed by atoms with E-state index in [-0.39, 0.29) is 0 Å². The Balaban J connectivity index is 2.31. The standard InChI is InChI=1S/C12H13N/c1-13-9-10-6-7-11-4-2-3-5-12(11)8-10/h6-8H,2-5,9H2. The molecule has 0 bridgehead atoms. The molecule has 0 unspecified atom stereocenters. The van der Waals surface area contributed by atoms with Crippen molar-refractivity contribution in [1.29, 1.82) is 0 Å². The molecule has 1 aliphatic rings. The van der Waals surface area contributed by atoms with E-state index in [2.05, 4.69) is 23.0 Å². The molecular formula is C12H13N. The number of benzene rings is 1. The van der Waals surface area contributed by atoms with Crippen molar-refractivity contribution in [1.82, 2.24) is 0 Å². The van der Waals surface area contributed by atoms with E-state index in [4.69, 9.17) is 6.57 Å². The lowest BCUT2D eigenvalue weighted by atomic mass is 9.90. The first-order valence-corrected chi connectivity index (χ1v) is 4.84. The Morgan fingerprint density at radius 2 is 1.92 bits per heavy atom. The van der Waals surface area contributed by atoms with Gasteiger partial charge in [0, 0.05) is 5.56 Å². The average molecular weight is 171 g/mol. The molecule has 0 radical (unpaired) electrons. The van der Waals surface area contributed by atoms with Crippen molar-refractivity contribution in [2.45, 2.75) is 32.2 Å². The predicted octanol–water partition coefficient (Wildman–Crippen LogP) is 2.98. The van der Waals surface area contributed by atoms with E-state index in [9.17, 15) is 0 Å². The lowest BCUT2D eigenvalue weighted by Gasteiger charge is -2.15. The van der Waals surface area contributed by atoms with Gasteiger partial charge in [-0.1, -0.05) is 12.1 Å². The van der Waals surface area contributed by atoms with E-state index in [0.29, 0.717) is 6.54 Å². The third-order valence-corrected chi connectivity index (χ3v) is 2.67. The zero-order valence-electron chi connectivity index (χ0n) is 7.71. The number of nitrogens with zero attached hydrogens (tertiary/aromatic N) is 1. The number of fused-ring (bicyclic) bond motifs is 1. The summed E-state index contributed by atoms with van der Waals surface area (Å²) in [5, 5.41) is 0. The molecule has 0 aliphatic heterocycles. The lowest BCUT2D eigenvalue weighted by molar-refractivity contribution is 0.684. The molecule has 1 heteroatoms. The van der Waals surface area contributed by atoms with E-state index in [1.54, 1.807) is 0 Å². The van der Waals surface area contributed by atoms with Gasteiger partial charge in [0.05, 0.1) is 0 Å². The monoisotopic (exact) mass is 171 g/mol. The summed E-state index contributed by atoms with van der Waals surface area (Å²) in [6, 6.07) is 6.52. The van der Waals surface area contributed by atoms with Crippen LogP contribution in [0.3, 0.4) is 0 Å². The van der Waals surface area contributed by atoms with Gasteiger partial charge in [-0.3, -0.25) is 0 Å². The van der Waals surface area contributed by atoms with E-state index in [1.807, 2.05) is 0 Å². The van der Waals surface area contributed by atoms with Crippen LogP contribution in [0.15, 0.2) is 18.2 Å². The summed E-state index contributed by atoms with van der Waals surface area (Å²) in [6.07, 6.45) is 5.08. The smallest absolute Gasteiger partial charge is 0.239 e. The fraction of sp³-hybridized carbons (Fsp3) is 0.417. The maximum absolute atomic E-state index is 6.81. The highest BCUT2D eigenvalue weighted by molar-refractivity contribution is 5.34. The molecule has 0 heterocycles. The number of hydrogen-bond acceptors (Lipinski definition) is 0. The Morgan fingerprint density at radius 1 is 1.15 bits per heavy atom. The molecule has 0 atom stereocenters. The van der Waals surface area contributed by atoms with Crippen molar-refractivity contribution < 1.29 is 0 Å². The van der Waals surface area contributed by atoms with Crippen LogP contribution in [-0.4, -0.2) is 0 Å². The Kier molecular flexibility index (Phi) is 2.31. The summed E-state index contributed by atoms with van der Waals surface area (Å²) < 4.78 is 0. The van der Waals surface area contributed by atoms with Crippen molar-refractivity contribution in [3.8, 4) is 0 Å². The Morgan fingerprint density at radius 3 is 2.69 bits per heavy atom. The quantitative estimate of drug-likeness (QED) is 0.572. The molecule has 0 fully saturated rings. The van der Waals surface area contributed by atoms with Crippen LogP contribution >= 0.6 is 0 Å². The maximum Gasteiger partial charge on any atom is 0.239 e. The highest BCUT2D eigenvalue weighted by Gasteiger charge is 2.09. The maximum atomic E-state index is 6.81. The first-order chi connectivity index (χ1) is 6.40. The SMILES string of the molecule is [C-]#[N+]Cc1ccc2c(c1)CCCC2. The normalized spacial score (nSPS) is 14.7. The van der Waals surface area contributed by atoms with Gasteiger partial charge in [0.15, 0.2) is 0 Å². The van der Waals surface area contributed by atoms with Gasteiger partial charge in [0.1, 0.15) is 0 Å². The zero-order valence-corrected chi connectivity index (χ0v) is 7.71. The molecule has 2 rings (SSSR count). The van der Waals surface area contributed by atoms with E-state index in [0.717, 1.165) is 0 Å². The minimum absolute atomic E-state index is 0.535. The van der Waals surface area contributed by atoms with Gasteiger partial charge in [0.25, 0.3) is 0 Å². The van der Waals surface area contributed by atoms with Gasteiger partial charge in [0.2, 0.25) is 6.54 Å². The van der Waals surface area contributed by atoms with Gasteiger partial charge < -0.3 is 4.85 Å². The largest absolute Gasteiger partial charge is 0.312 e. The van der Waals surface area contributed by atoms with Crippen LogP contribution in [0.25, 0.3) is 4.85 Å². The molecular weight excluding hydrogens is 158 g/mol. The first kappa shape index (κ1) is 8.31. The van der Waals surface area contributed by atoms with Gasteiger partial charge in [-0.05, 0) is 42.9 Å². The average Bonchev–Trinajstić information content (AvgIpc) is 2.18. The zero-order chi connectivity index (χ0) is 9.10. The molecule has 0 spiro atoms. The topological polar surface area (TPSA) is 4.36 Å². The molecule has 0 saturated carbocycles. The second-order valence-corrected chi connectivity index (χ2v) is 3.63. The summed E-state index contributed by atoms with van der Waals surface area (Å²) in [4.78, 5) is 3.40. The van der Waals surface area contributed by atoms with Gasteiger partial charge in [-0.25, -0.2) is 6.57 Å². The fourth-order valence-electron chi connectivity index (χ4n) is 1.98. The van der Waals surface area contributed by atoms with Crippen LogP contribution in [-0.2, 0) is 19.4 Å². The van der Waals surface area contributed by atoms with Crippen molar-refractivity contribution in [3.05, 3.63) is 46.3 Å². The highest BCUT2D eigenvalue weighted by Crippen LogP contribution is 2.22. The Bertz CT molecular complexity index is 347. The van der Waals surface area contributed by atoms with Crippen LogP contribution in [0.5, 0.6) is 0 Å². The fourth-order valence-corrected chi connectivity index (χ4v) is 1.98. The van der Waals surface area contributed by atoms with Crippen molar-refractivity contribution in [2.24, 2.45) is 0 Å². The number of aryl methyl sites for hydroxylation is 2. The second-order valence-electron chi connectivity index (χ2n) is 3.63. The molecule has 0 N–H and O–H groups in total. The molecule has 1 aromatic carbocycles. The van der Waals surface area contributed by atoms with Crippen LogP contribution in [0.4, 0.5) is 0 Å². The number of hydrogen-bond donors (Lipinski definition) is 0. The minimum Gasteiger partial charge on any atom is -0.312 e. The molecule has 66 valence electrons. The van der Waals surface area contributed by atoms with Gasteiger partial charge in [-0.2, -0.15) is 0 Å². The lowest BCUT2D eigenvalue weighted by Crippen LogP contribution is -2.02. The molecule has 1 aliphatic carbocycles. The van der Waals surface area contributed by atoms with Crippen LogP contribution in [0.2, 0.25) is 0 Å². The molecule has 0 amide bonds. The number of rotatable bonds is 1. The molecule has 1 aromatic rings. The molecule has 0 saturated heterocycles. The second kappa shape index (κ2) is 3.62. The van der Waals surface area contributed by atoms with Crippen LogP contribution < -0.4 is 0 Å². The van der Waals surface area contributed by atoms with Crippen molar-refractivity contribution in [3.63, 3.8) is 0 Å². The van der Waals surface area contributed by atoms with Crippen molar-refractivity contribution in [2.75, 3.05) is 0 Å². The summed E-state index contributed by atoms with van der Waals surface area (Å²) in [7, 11) is 0. The summed E-state index contributed by atoms with van der Waals surface area (Å²) in [5.41, 5.74) is 4.16. The van der Waals surface area contributed by atoms with Gasteiger partial charge >= 0.3 is 0 Å². The third kappa shape index (κ3) is 1.72. The molecule has 13 heavy (non-hydrogen) atoms. The molecule has 0 aromatic heterocycles. The predicted molar refractivity (Wildman–Crippen MR) is 53.4 cm³/mol. The molecule has 1 nitrogen and oxygen atoms in total.